The highest BCUT2D eigenvalue weighted by atomic mass is 79.9. The highest BCUT2D eigenvalue weighted by molar-refractivity contribution is 9.10. The van der Waals surface area contributed by atoms with Gasteiger partial charge >= 0.3 is 11.7 Å². The summed E-state index contributed by atoms with van der Waals surface area (Å²) in [5, 5.41) is 12.2. The minimum Gasteiger partial charge on any atom is -0.480 e. The van der Waals surface area contributed by atoms with Crippen molar-refractivity contribution in [2.75, 3.05) is 19.8 Å². The topological polar surface area (TPSA) is 103 Å². The van der Waals surface area contributed by atoms with Crippen molar-refractivity contribution >= 4 is 21.9 Å². The van der Waals surface area contributed by atoms with Gasteiger partial charge in [-0.15, -0.1) is 0 Å². The second kappa shape index (κ2) is 6.58. The molecule has 0 aliphatic carbocycles. The van der Waals surface area contributed by atoms with E-state index in [9.17, 15) is 14.4 Å². The Kier molecular flexibility index (Phi) is 5.12. The molecule has 1 aromatic rings. The first-order valence-corrected chi connectivity index (χ1v) is 8.01. The fourth-order valence-electron chi connectivity index (χ4n) is 2.45. The average molecular weight is 390 g/mol. The van der Waals surface area contributed by atoms with Gasteiger partial charge in [0.15, 0.2) is 0 Å². The van der Waals surface area contributed by atoms with Crippen LogP contribution in [-0.4, -0.2) is 45.5 Å². The van der Waals surface area contributed by atoms with Crippen molar-refractivity contribution in [2.45, 2.75) is 38.9 Å². The SMILES string of the molecule is Cc1c(Br)c(=O)n([C@@H](C)CNC2(C)COC2)c(=O)n1CC(=O)O. The maximum Gasteiger partial charge on any atom is 0.332 e. The normalized spacial score (nSPS) is 17.6. The number of rotatable bonds is 6. The Bertz CT molecular complexity index is 735. The summed E-state index contributed by atoms with van der Waals surface area (Å²) in [5.74, 6) is -1.14. The predicted molar refractivity (Wildman–Crippen MR) is 87.0 cm³/mol. The summed E-state index contributed by atoms with van der Waals surface area (Å²) in [6, 6.07) is -0.427. The zero-order valence-electron chi connectivity index (χ0n) is 13.3. The lowest BCUT2D eigenvalue weighted by Gasteiger charge is -2.39. The molecule has 0 bridgehead atoms. The van der Waals surface area contributed by atoms with Gasteiger partial charge < -0.3 is 15.2 Å². The third kappa shape index (κ3) is 3.56. The zero-order chi connectivity index (χ0) is 17.4. The third-order valence-electron chi connectivity index (χ3n) is 3.97. The Balaban J connectivity index is 2.36. The van der Waals surface area contributed by atoms with Crippen molar-refractivity contribution in [3.05, 3.63) is 31.0 Å². The molecule has 1 aromatic heterocycles. The van der Waals surface area contributed by atoms with Gasteiger partial charge in [-0.25, -0.2) is 4.79 Å². The van der Waals surface area contributed by atoms with E-state index in [1.54, 1.807) is 6.92 Å². The minimum atomic E-state index is -1.14. The summed E-state index contributed by atoms with van der Waals surface area (Å²) in [4.78, 5) is 35.9. The average Bonchev–Trinajstić information content (AvgIpc) is 2.45. The molecular weight excluding hydrogens is 370 g/mol. The molecule has 2 heterocycles. The first-order chi connectivity index (χ1) is 10.7. The van der Waals surface area contributed by atoms with Gasteiger partial charge in [0.25, 0.3) is 5.56 Å². The second-order valence-electron chi connectivity index (χ2n) is 6.12. The number of nitrogens with one attached hydrogen (secondary N) is 1. The summed E-state index contributed by atoms with van der Waals surface area (Å²) in [7, 11) is 0. The van der Waals surface area contributed by atoms with E-state index in [-0.39, 0.29) is 10.0 Å². The molecule has 9 heteroatoms. The molecule has 0 aromatic carbocycles. The fourth-order valence-corrected chi connectivity index (χ4v) is 2.85. The second-order valence-corrected chi connectivity index (χ2v) is 6.91. The van der Waals surface area contributed by atoms with Crippen LogP contribution in [0.2, 0.25) is 0 Å². The van der Waals surface area contributed by atoms with Crippen molar-refractivity contribution in [3.63, 3.8) is 0 Å². The lowest BCUT2D eigenvalue weighted by atomic mass is 10.0. The van der Waals surface area contributed by atoms with Crippen molar-refractivity contribution in [2.24, 2.45) is 0 Å². The lowest BCUT2D eigenvalue weighted by Crippen LogP contribution is -2.59. The molecule has 1 fully saturated rings. The summed E-state index contributed by atoms with van der Waals surface area (Å²) < 4.78 is 7.51. The Hall–Kier alpha value is -1.45. The maximum atomic E-state index is 12.5. The Morgan fingerprint density at radius 2 is 2.09 bits per heavy atom. The third-order valence-corrected chi connectivity index (χ3v) is 4.88. The molecule has 1 aliphatic rings. The van der Waals surface area contributed by atoms with Crippen LogP contribution >= 0.6 is 15.9 Å². The molecule has 23 heavy (non-hydrogen) atoms. The largest absolute Gasteiger partial charge is 0.480 e. The van der Waals surface area contributed by atoms with Gasteiger partial charge in [0.05, 0.1) is 24.8 Å². The molecule has 0 amide bonds. The number of ether oxygens (including phenoxy) is 1. The van der Waals surface area contributed by atoms with Crippen LogP contribution in [0.5, 0.6) is 0 Å². The molecule has 0 radical (unpaired) electrons. The summed E-state index contributed by atoms with van der Waals surface area (Å²) >= 11 is 3.16. The molecule has 1 aliphatic heterocycles. The minimum absolute atomic E-state index is 0.153. The van der Waals surface area contributed by atoms with Gasteiger partial charge in [0, 0.05) is 12.2 Å². The van der Waals surface area contributed by atoms with Crippen LogP contribution < -0.4 is 16.6 Å². The van der Waals surface area contributed by atoms with Crippen LogP contribution in [0, 0.1) is 6.92 Å². The zero-order valence-corrected chi connectivity index (χ0v) is 14.8. The number of hydrogen-bond donors (Lipinski definition) is 2. The number of halogens is 1. The number of carbonyl (C=O) groups is 1. The van der Waals surface area contributed by atoms with Gasteiger partial charge in [-0.05, 0) is 36.7 Å². The standard InChI is InChI=1S/C14H20BrN3O5/c1-8(4-16-14(3)6-23-7-14)18-12(21)11(15)9(2)17(13(18)22)5-10(19)20/h8,16H,4-7H2,1-3H3,(H,19,20)/t8-/m0/s1. The molecule has 1 saturated heterocycles. The van der Waals surface area contributed by atoms with E-state index < -0.39 is 29.8 Å². The molecule has 2 rings (SSSR count). The van der Waals surface area contributed by atoms with E-state index in [2.05, 4.69) is 21.2 Å². The molecule has 0 saturated carbocycles. The number of nitrogens with zero attached hydrogens (tertiary/aromatic N) is 2. The van der Waals surface area contributed by atoms with Crippen LogP contribution in [0.15, 0.2) is 14.1 Å². The van der Waals surface area contributed by atoms with E-state index in [1.807, 2.05) is 6.92 Å². The van der Waals surface area contributed by atoms with E-state index in [4.69, 9.17) is 9.84 Å². The van der Waals surface area contributed by atoms with Crippen molar-refractivity contribution < 1.29 is 14.6 Å². The first-order valence-electron chi connectivity index (χ1n) is 7.22. The van der Waals surface area contributed by atoms with Crippen LogP contribution in [0.3, 0.4) is 0 Å². The number of carboxylic acids is 1. The van der Waals surface area contributed by atoms with Crippen LogP contribution in [0.4, 0.5) is 0 Å². The molecule has 2 N–H and O–H groups in total. The smallest absolute Gasteiger partial charge is 0.332 e. The highest BCUT2D eigenvalue weighted by Gasteiger charge is 2.33. The Morgan fingerprint density at radius 1 is 1.48 bits per heavy atom. The quantitative estimate of drug-likeness (QED) is 0.715. The van der Waals surface area contributed by atoms with Gasteiger partial charge in [-0.2, -0.15) is 0 Å². The van der Waals surface area contributed by atoms with Crippen LogP contribution in [0.1, 0.15) is 25.6 Å². The molecule has 0 spiro atoms. The van der Waals surface area contributed by atoms with Crippen LogP contribution in [-0.2, 0) is 16.1 Å². The van der Waals surface area contributed by atoms with E-state index >= 15 is 0 Å². The highest BCUT2D eigenvalue weighted by Crippen LogP contribution is 2.16. The predicted octanol–water partition coefficient (Wildman–Crippen LogP) is 0.105. The summed E-state index contributed by atoms with van der Waals surface area (Å²) in [5.41, 5.74) is -0.932. The molecule has 1 atom stereocenters. The first kappa shape index (κ1) is 17.9. The number of carboxylic acid groups (broad SMARTS) is 1. The van der Waals surface area contributed by atoms with Crippen molar-refractivity contribution in [3.8, 4) is 0 Å². The van der Waals surface area contributed by atoms with Crippen LogP contribution in [0.25, 0.3) is 0 Å². The van der Waals surface area contributed by atoms with Gasteiger partial charge in [0.2, 0.25) is 0 Å². The van der Waals surface area contributed by atoms with E-state index in [0.717, 1.165) is 9.13 Å². The number of hydrogen-bond acceptors (Lipinski definition) is 5. The van der Waals surface area contributed by atoms with Crippen molar-refractivity contribution in [1.82, 2.24) is 14.5 Å². The van der Waals surface area contributed by atoms with Crippen molar-refractivity contribution in [1.29, 1.82) is 0 Å². The molecule has 128 valence electrons. The fraction of sp³-hybridized carbons (Fsp3) is 0.643. The Labute approximate surface area is 141 Å². The number of aromatic nitrogens is 2. The van der Waals surface area contributed by atoms with E-state index in [1.165, 1.54) is 6.92 Å². The number of aliphatic carboxylic acids is 1. The van der Waals surface area contributed by atoms with Gasteiger partial charge in [-0.1, -0.05) is 0 Å². The monoisotopic (exact) mass is 389 g/mol. The van der Waals surface area contributed by atoms with E-state index in [0.29, 0.717) is 25.5 Å². The molecule has 8 nitrogen and oxygen atoms in total. The summed E-state index contributed by atoms with van der Waals surface area (Å²) in [6.45, 7) is 6.35. The maximum absolute atomic E-state index is 12.5. The lowest BCUT2D eigenvalue weighted by molar-refractivity contribution is -0.137. The molecular formula is C14H20BrN3O5. The Morgan fingerprint density at radius 3 is 2.57 bits per heavy atom. The van der Waals surface area contributed by atoms with Gasteiger partial charge in [-0.3, -0.25) is 18.7 Å². The van der Waals surface area contributed by atoms with Gasteiger partial charge in [0.1, 0.15) is 11.0 Å². The molecule has 0 unspecified atom stereocenters. The summed E-state index contributed by atoms with van der Waals surface area (Å²) in [6.07, 6.45) is 0.